The highest BCUT2D eigenvalue weighted by Gasteiger charge is 2.31. The van der Waals surface area contributed by atoms with Crippen molar-refractivity contribution in [3.8, 4) is 0 Å². The van der Waals surface area contributed by atoms with Gasteiger partial charge in [-0.1, -0.05) is 0 Å². The third kappa shape index (κ3) is 3.02. The summed E-state index contributed by atoms with van der Waals surface area (Å²) in [5.74, 6) is -0.477. The molecule has 0 N–H and O–H groups in total. The molecule has 0 saturated carbocycles. The normalized spacial score (nSPS) is 17.7. The minimum Gasteiger partial charge on any atom is -0.466 e. The smallest absolute Gasteiger partial charge is 0.310 e. The molecule has 2 aromatic rings. The van der Waals surface area contributed by atoms with Gasteiger partial charge in [-0.05, 0) is 44.0 Å². The molecule has 24 heavy (non-hydrogen) atoms. The van der Waals surface area contributed by atoms with Crippen molar-refractivity contribution in [2.24, 2.45) is 5.92 Å². The number of aromatic nitrogens is 1. The Morgan fingerprint density at radius 2 is 2.29 bits per heavy atom. The van der Waals surface area contributed by atoms with Crippen LogP contribution in [0.2, 0.25) is 0 Å². The third-order valence-corrected chi connectivity index (χ3v) is 4.30. The Bertz CT molecular complexity index is 778. The van der Waals surface area contributed by atoms with Gasteiger partial charge in [0.25, 0.3) is 0 Å². The third-order valence-electron chi connectivity index (χ3n) is 4.30. The van der Waals surface area contributed by atoms with Crippen molar-refractivity contribution in [3.63, 3.8) is 0 Å². The lowest BCUT2D eigenvalue weighted by molar-refractivity contribution is -0.382. The molecule has 1 aliphatic rings. The predicted octanol–water partition coefficient (Wildman–Crippen LogP) is 2.92. The summed E-state index contributed by atoms with van der Waals surface area (Å²) in [6.45, 7) is 3.24. The lowest BCUT2D eigenvalue weighted by Crippen LogP contribution is -2.39. The van der Waals surface area contributed by atoms with E-state index in [0.29, 0.717) is 36.3 Å². The Morgan fingerprint density at radius 1 is 1.46 bits per heavy atom. The van der Waals surface area contributed by atoms with Crippen molar-refractivity contribution >= 4 is 28.2 Å². The molecule has 1 aromatic carbocycles. The van der Waals surface area contributed by atoms with Gasteiger partial charge in [0.05, 0.1) is 28.4 Å². The van der Waals surface area contributed by atoms with E-state index in [2.05, 4.69) is 4.98 Å². The van der Waals surface area contributed by atoms with Gasteiger partial charge in [-0.3, -0.25) is 19.9 Å². The fourth-order valence-electron chi connectivity index (χ4n) is 3.22. The number of fused-ring (bicyclic) bond motifs is 1. The highest BCUT2D eigenvalue weighted by Crippen LogP contribution is 2.37. The molecule has 1 aromatic heterocycles. The molecule has 0 radical (unpaired) electrons. The van der Waals surface area contributed by atoms with Crippen molar-refractivity contribution < 1.29 is 14.5 Å². The molecule has 0 spiro atoms. The average Bonchev–Trinajstić information content (AvgIpc) is 2.61. The molecular weight excluding hydrogens is 310 g/mol. The first-order valence-electron chi connectivity index (χ1n) is 8.05. The largest absolute Gasteiger partial charge is 0.466 e. The zero-order chi connectivity index (χ0) is 17.1. The van der Waals surface area contributed by atoms with Crippen LogP contribution in [0.3, 0.4) is 0 Å². The topological polar surface area (TPSA) is 85.6 Å². The van der Waals surface area contributed by atoms with Crippen molar-refractivity contribution in [3.05, 3.63) is 40.6 Å². The number of nitrogens with zero attached hydrogens (tertiary/aromatic N) is 3. The lowest BCUT2D eigenvalue weighted by atomic mass is 9.97. The highest BCUT2D eigenvalue weighted by molar-refractivity contribution is 5.94. The van der Waals surface area contributed by atoms with Crippen molar-refractivity contribution in [2.45, 2.75) is 19.8 Å². The number of pyridine rings is 1. The number of nitro groups is 1. The summed E-state index contributed by atoms with van der Waals surface area (Å²) in [5.41, 5.74) is 1.17. The number of piperidine rings is 1. The summed E-state index contributed by atoms with van der Waals surface area (Å²) in [7, 11) is 0. The van der Waals surface area contributed by atoms with E-state index in [0.717, 1.165) is 12.8 Å². The summed E-state index contributed by atoms with van der Waals surface area (Å²) in [5, 5.41) is 12.2. The molecule has 3 rings (SSSR count). The van der Waals surface area contributed by atoms with Gasteiger partial charge < -0.3 is 9.64 Å². The first-order valence-corrected chi connectivity index (χ1v) is 8.05. The van der Waals surface area contributed by atoms with Crippen molar-refractivity contribution in [2.75, 3.05) is 24.6 Å². The van der Waals surface area contributed by atoms with E-state index in [1.165, 1.54) is 0 Å². The van der Waals surface area contributed by atoms with Gasteiger partial charge in [-0.25, -0.2) is 0 Å². The number of carbonyl (C=O) groups is 1. The van der Waals surface area contributed by atoms with Crippen LogP contribution in [-0.4, -0.2) is 35.6 Å². The number of esters is 1. The minimum absolute atomic E-state index is 0.0464. The second-order valence-corrected chi connectivity index (χ2v) is 5.80. The Morgan fingerprint density at radius 3 is 3.04 bits per heavy atom. The van der Waals surface area contributed by atoms with E-state index in [4.69, 9.17) is 4.74 Å². The van der Waals surface area contributed by atoms with Gasteiger partial charge in [0.15, 0.2) is 0 Å². The maximum atomic E-state index is 12.0. The van der Waals surface area contributed by atoms with Gasteiger partial charge >= 0.3 is 11.7 Å². The number of rotatable bonds is 4. The number of carbonyl (C=O) groups excluding carboxylic acids is 1. The van der Waals surface area contributed by atoms with Crippen LogP contribution >= 0.6 is 0 Å². The molecule has 7 heteroatoms. The Labute approximate surface area is 139 Å². The SMILES string of the molecule is CCOC(=O)C1CCCN(c2ccc3ncccc3c2[N+](=O)[O-])C1. The van der Waals surface area contributed by atoms with E-state index >= 15 is 0 Å². The van der Waals surface area contributed by atoms with E-state index in [9.17, 15) is 14.9 Å². The molecular formula is C17H19N3O4. The van der Waals surface area contributed by atoms with Gasteiger partial charge in [-0.2, -0.15) is 0 Å². The lowest BCUT2D eigenvalue weighted by Gasteiger charge is -2.33. The van der Waals surface area contributed by atoms with Crippen LogP contribution in [0.25, 0.3) is 10.9 Å². The zero-order valence-corrected chi connectivity index (χ0v) is 13.5. The quantitative estimate of drug-likeness (QED) is 0.487. The summed E-state index contributed by atoms with van der Waals surface area (Å²) >= 11 is 0. The molecule has 1 aliphatic heterocycles. The molecule has 1 atom stereocenters. The van der Waals surface area contributed by atoms with Crippen LogP contribution in [0, 0.1) is 16.0 Å². The van der Waals surface area contributed by atoms with E-state index < -0.39 is 0 Å². The summed E-state index contributed by atoms with van der Waals surface area (Å²) in [6, 6.07) is 6.90. The first kappa shape index (κ1) is 16.2. The molecule has 126 valence electrons. The molecule has 0 aliphatic carbocycles. The summed E-state index contributed by atoms with van der Waals surface area (Å²) < 4.78 is 5.10. The van der Waals surface area contributed by atoms with E-state index in [-0.39, 0.29) is 22.5 Å². The standard InChI is InChI=1S/C17H19N3O4/c1-2-24-17(21)12-5-4-10-19(11-12)15-8-7-14-13(6-3-9-18-14)16(15)20(22)23/h3,6-9,12H,2,4-5,10-11H2,1H3. The maximum Gasteiger partial charge on any atom is 0.310 e. The number of benzene rings is 1. The Hall–Kier alpha value is -2.70. The van der Waals surface area contributed by atoms with E-state index in [1.807, 2.05) is 4.90 Å². The summed E-state index contributed by atoms with van der Waals surface area (Å²) in [6.07, 6.45) is 3.16. The van der Waals surface area contributed by atoms with Crippen LogP contribution in [0.5, 0.6) is 0 Å². The molecule has 1 unspecified atom stereocenters. The van der Waals surface area contributed by atoms with Gasteiger partial charge in [-0.15, -0.1) is 0 Å². The fraction of sp³-hybridized carbons (Fsp3) is 0.412. The van der Waals surface area contributed by atoms with Crippen LogP contribution in [-0.2, 0) is 9.53 Å². The first-order chi connectivity index (χ1) is 11.6. The van der Waals surface area contributed by atoms with E-state index in [1.54, 1.807) is 37.4 Å². The number of hydrogen-bond acceptors (Lipinski definition) is 6. The van der Waals surface area contributed by atoms with Gasteiger partial charge in [0, 0.05) is 19.3 Å². The molecule has 7 nitrogen and oxygen atoms in total. The maximum absolute atomic E-state index is 12.0. The monoisotopic (exact) mass is 329 g/mol. The molecule has 2 heterocycles. The van der Waals surface area contributed by atoms with Gasteiger partial charge in [0.1, 0.15) is 5.69 Å². The minimum atomic E-state index is -0.368. The highest BCUT2D eigenvalue weighted by atomic mass is 16.6. The summed E-state index contributed by atoms with van der Waals surface area (Å²) in [4.78, 5) is 29.4. The molecule has 0 amide bonds. The zero-order valence-electron chi connectivity index (χ0n) is 13.5. The van der Waals surface area contributed by atoms with Crippen LogP contribution in [0.15, 0.2) is 30.5 Å². The van der Waals surface area contributed by atoms with Crippen molar-refractivity contribution in [1.29, 1.82) is 0 Å². The van der Waals surface area contributed by atoms with Crippen LogP contribution < -0.4 is 4.90 Å². The molecule has 1 saturated heterocycles. The Kier molecular flexibility index (Phi) is 4.59. The van der Waals surface area contributed by atoms with Crippen LogP contribution in [0.1, 0.15) is 19.8 Å². The number of nitro benzene ring substituents is 1. The fourth-order valence-corrected chi connectivity index (χ4v) is 3.22. The second-order valence-electron chi connectivity index (χ2n) is 5.80. The molecule has 1 fully saturated rings. The Balaban J connectivity index is 1.98. The average molecular weight is 329 g/mol. The van der Waals surface area contributed by atoms with Crippen molar-refractivity contribution in [1.82, 2.24) is 4.98 Å². The number of ether oxygens (including phenoxy) is 1. The molecule has 0 bridgehead atoms. The number of hydrogen-bond donors (Lipinski definition) is 0. The predicted molar refractivity (Wildman–Crippen MR) is 90.0 cm³/mol. The second kappa shape index (κ2) is 6.82. The van der Waals surface area contributed by atoms with Gasteiger partial charge in [0.2, 0.25) is 0 Å². The van der Waals surface area contributed by atoms with Crippen LogP contribution in [0.4, 0.5) is 11.4 Å². The number of anilines is 1.